The van der Waals surface area contributed by atoms with E-state index in [-0.39, 0.29) is 23.4 Å². The summed E-state index contributed by atoms with van der Waals surface area (Å²) in [4.78, 5) is 29.3. The number of nitrogens with zero attached hydrogens (tertiary/aromatic N) is 3. The van der Waals surface area contributed by atoms with Gasteiger partial charge in [-0.1, -0.05) is 18.2 Å². The summed E-state index contributed by atoms with van der Waals surface area (Å²) >= 11 is 0. The second-order valence-electron chi connectivity index (χ2n) is 8.51. The van der Waals surface area contributed by atoms with Crippen molar-refractivity contribution < 1.29 is 9.90 Å². The number of benzene rings is 1. The summed E-state index contributed by atoms with van der Waals surface area (Å²) in [6.07, 6.45) is 6.21. The van der Waals surface area contributed by atoms with Crippen molar-refractivity contribution in [2.24, 2.45) is 0 Å². The molecule has 0 aliphatic heterocycles. The summed E-state index contributed by atoms with van der Waals surface area (Å²) in [5.41, 5.74) is 2.64. The zero-order chi connectivity index (χ0) is 22.2. The molecule has 1 amide bonds. The number of carbonyl (C=O) groups is 1. The summed E-state index contributed by atoms with van der Waals surface area (Å²) in [6, 6.07) is 11.2. The van der Waals surface area contributed by atoms with E-state index in [1.54, 1.807) is 35.9 Å². The van der Waals surface area contributed by atoms with Crippen LogP contribution in [0.5, 0.6) is 0 Å². The predicted octanol–water partition coefficient (Wildman–Crippen LogP) is 3.08. The third-order valence-electron chi connectivity index (χ3n) is 6.43. The molecule has 3 aromatic heterocycles. The summed E-state index contributed by atoms with van der Waals surface area (Å²) in [5.74, 6) is 0.0953. The number of imidazole rings is 1. The van der Waals surface area contributed by atoms with Crippen LogP contribution >= 0.6 is 0 Å². The molecule has 1 fully saturated rings. The Bertz CT molecular complexity index is 1350. The largest absolute Gasteiger partial charge is 0.389 e. The molecule has 0 radical (unpaired) electrons. The van der Waals surface area contributed by atoms with E-state index < -0.39 is 6.10 Å². The van der Waals surface area contributed by atoms with Crippen molar-refractivity contribution in [3.63, 3.8) is 0 Å². The second kappa shape index (κ2) is 8.20. The highest BCUT2D eigenvalue weighted by molar-refractivity contribution is 5.93. The third kappa shape index (κ3) is 3.67. The number of pyridine rings is 1. The van der Waals surface area contributed by atoms with Gasteiger partial charge in [0.2, 0.25) is 0 Å². The molecule has 1 saturated carbocycles. The SMILES string of the molecule is CC(O)c1ccn2c(C(=O)NC3CCC(c4n[nH]c(=O)c5ccccc45)CC3)cnc2c1. The number of hydrogen-bond acceptors (Lipinski definition) is 5. The number of rotatable bonds is 4. The molecule has 3 N–H and O–H groups in total. The molecular weight excluding hydrogens is 406 g/mol. The number of nitrogens with one attached hydrogen (secondary N) is 2. The summed E-state index contributed by atoms with van der Waals surface area (Å²) in [6.45, 7) is 1.70. The molecule has 1 aromatic carbocycles. The zero-order valence-corrected chi connectivity index (χ0v) is 17.8. The van der Waals surface area contributed by atoms with E-state index in [2.05, 4.69) is 20.5 Å². The Hall–Kier alpha value is -3.52. The van der Waals surface area contributed by atoms with Crippen molar-refractivity contribution in [2.75, 3.05) is 0 Å². The standard InChI is InChI=1S/C24H25N5O3/c1-14(30)16-10-11-29-20(13-25-21(29)12-16)24(32)26-17-8-6-15(7-9-17)22-18-4-2-3-5-19(18)23(31)28-27-22/h2-5,10-15,17,30H,6-9H2,1H3,(H,26,32)(H,28,31). The van der Waals surface area contributed by atoms with Gasteiger partial charge >= 0.3 is 0 Å². The lowest BCUT2D eigenvalue weighted by atomic mass is 9.82. The molecule has 0 bridgehead atoms. The maximum atomic E-state index is 12.9. The van der Waals surface area contributed by atoms with Crippen LogP contribution in [0.1, 0.15) is 66.4 Å². The molecule has 32 heavy (non-hydrogen) atoms. The molecule has 1 unspecified atom stereocenters. The molecule has 1 atom stereocenters. The monoisotopic (exact) mass is 431 g/mol. The van der Waals surface area contributed by atoms with E-state index in [1.165, 1.54) is 0 Å². The molecule has 5 rings (SSSR count). The Morgan fingerprint density at radius 1 is 1.19 bits per heavy atom. The van der Waals surface area contributed by atoms with Gasteiger partial charge in [0.1, 0.15) is 11.3 Å². The van der Waals surface area contributed by atoms with Crippen LogP contribution < -0.4 is 10.9 Å². The third-order valence-corrected chi connectivity index (χ3v) is 6.43. The van der Waals surface area contributed by atoms with Gasteiger partial charge in [-0.3, -0.25) is 14.0 Å². The first-order chi connectivity index (χ1) is 15.5. The quantitative estimate of drug-likeness (QED) is 0.460. The maximum Gasteiger partial charge on any atom is 0.272 e. The number of carbonyl (C=O) groups excluding carboxylic acids is 1. The van der Waals surface area contributed by atoms with E-state index in [0.29, 0.717) is 16.7 Å². The van der Waals surface area contributed by atoms with Crippen LogP contribution in [0.25, 0.3) is 16.4 Å². The van der Waals surface area contributed by atoms with Crippen molar-refractivity contribution in [3.05, 3.63) is 76.1 Å². The molecule has 4 aromatic rings. The van der Waals surface area contributed by atoms with Gasteiger partial charge < -0.3 is 10.4 Å². The minimum Gasteiger partial charge on any atom is -0.389 e. The van der Waals surface area contributed by atoms with E-state index in [9.17, 15) is 14.7 Å². The fourth-order valence-corrected chi connectivity index (χ4v) is 4.64. The van der Waals surface area contributed by atoms with Gasteiger partial charge in [0.15, 0.2) is 0 Å². The van der Waals surface area contributed by atoms with Gasteiger partial charge in [-0.2, -0.15) is 5.10 Å². The van der Waals surface area contributed by atoms with Crippen LogP contribution in [0.15, 0.2) is 53.6 Å². The number of aromatic amines is 1. The summed E-state index contributed by atoms with van der Waals surface area (Å²) in [5, 5.41) is 21.5. The van der Waals surface area contributed by atoms with Crippen LogP contribution in [0, 0.1) is 0 Å². The minimum atomic E-state index is -0.585. The molecule has 3 heterocycles. The number of amides is 1. The lowest BCUT2D eigenvalue weighted by Crippen LogP contribution is -2.38. The Morgan fingerprint density at radius 3 is 2.69 bits per heavy atom. The molecular formula is C24H25N5O3. The summed E-state index contributed by atoms with van der Waals surface area (Å²) < 4.78 is 1.74. The molecule has 1 aliphatic rings. The highest BCUT2D eigenvalue weighted by Gasteiger charge is 2.27. The number of aromatic nitrogens is 4. The number of hydrogen-bond donors (Lipinski definition) is 3. The highest BCUT2D eigenvalue weighted by Crippen LogP contribution is 2.34. The van der Waals surface area contributed by atoms with E-state index in [4.69, 9.17) is 0 Å². The Morgan fingerprint density at radius 2 is 1.94 bits per heavy atom. The van der Waals surface area contributed by atoms with E-state index in [0.717, 1.165) is 42.3 Å². The van der Waals surface area contributed by atoms with E-state index >= 15 is 0 Å². The lowest BCUT2D eigenvalue weighted by molar-refractivity contribution is 0.0919. The first kappa shape index (κ1) is 20.4. The predicted molar refractivity (Wildman–Crippen MR) is 121 cm³/mol. The van der Waals surface area contributed by atoms with Crippen LogP contribution in [0.2, 0.25) is 0 Å². The fraction of sp³-hybridized carbons (Fsp3) is 0.333. The molecule has 8 nitrogen and oxygen atoms in total. The Labute approximate surface area is 184 Å². The Kier molecular flexibility index (Phi) is 5.22. The van der Waals surface area contributed by atoms with Gasteiger partial charge in [-0.15, -0.1) is 0 Å². The van der Waals surface area contributed by atoms with Crippen LogP contribution in [-0.2, 0) is 0 Å². The van der Waals surface area contributed by atoms with Gasteiger partial charge in [0.25, 0.3) is 11.5 Å². The van der Waals surface area contributed by atoms with Crippen molar-refractivity contribution >= 4 is 22.3 Å². The average molecular weight is 431 g/mol. The smallest absolute Gasteiger partial charge is 0.272 e. The fourth-order valence-electron chi connectivity index (χ4n) is 4.64. The normalized spacial score (nSPS) is 19.8. The van der Waals surface area contributed by atoms with Crippen molar-refractivity contribution in [1.82, 2.24) is 24.9 Å². The molecule has 1 aliphatic carbocycles. The van der Waals surface area contributed by atoms with Crippen LogP contribution in [-0.4, -0.2) is 36.6 Å². The summed E-state index contributed by atoms with van der Waals surface area (Å²) in [7, 11) is 0. The maximum absolute atomic E-state index is 12.9. The van der Waals surface area contributed by atoms with Gasteiger partial charge in [0.05, 0.1) is 23.4 Å². The highest BCUT2D eigenvalue weighted by atomic mass is 16.3. The van der Waals surface area contributed by atoms with Gasteiger partial charge in [0, 0.05) is 23.5 Å². The van der Waals surface area contributed by atoms with Crippen LogP contribution in [0.4, 0.5) is 0 Å². The molecule has 164 valence electrons. The van der Waals surface area contributed by atoms with Crippen molar-refractivity contribution in [2.45, 2.75) is 50.7 Å². The first-order valence-electron chi connectivity index (χ1n) is 10.9. The molecule has 0 spiro atoms. The van der Waals surface area contributed by atoms with Gasteiger partial charge in [-0.05, 0) is 56.4 Å². The second-order valence-corrected chi connectivity index (χ2v) is 8.51. The molecule has 0 saturated heterocycles. The topological polar surface area (TPSA) is 112 Å². The van der Waals surface area contributed by atoms with Crippen molar-refractivity contribution in [1.29, 1.82) is 0 Å². The first-order valence-corrected chi connectivity index (χ1v) is 10.9. The lowest BCUT2D eigenvalue weighted by Gasteiger charge is -2.29. The van der Waals surface area contributed by atoms with Crippen molar-refractivity contribution in [3.8, 4) is 0 Å². The molecule has 8 heteroatoms. The van der Waals surface area contributed by atoms with Gasteiger partial charge in [-0.25, -0.2) is 10.1 Å². The number of aliphatic hydroxyl groups is 1. The Balaban J connectivity index is 1.28. The zero-order valence-electron chi connectivity index (χ0n) is 17.8. The van der Waals surface area contributed by atoms with E-state index in [1.807, 2.05) is 24.3 Å². The minimum absolute atomic E-state index is 0.0788. The number of aliphatic hydroxyl groups excluding tert-OH is 1. The number of fused-ring (bicyclic) bond motifs is 2. The average Bonchev–Trinajstić information content (AvgIpc) is 3.24. The van der Waals surface area contributed by atoms with Crippen LogP contribution in [0.3, 0.4) is 0 Å². The number of H-pyrrole nitrogens is 1.